The van der Waals surface area contributed by atoms with Crippen molar-refractivity contribution >= 4 is 11.5 Å². The Hall–Kier alpha value is -3.49. The topological polar surface area (TPSA) is 107 Å². The van der Waals surface area contributed by atoms with Gasteiger partial charge in [-0.2, -0.15) is 0 Å². The van der Waals surface area contributed by atoms with Crippen LogP contribution < -0.4 is 10.1 Å². The second-order valence-corrected chi connectivity index (χ2v) is 4.99. The molecular formula is C15H14N5O4+. The van der Waals surface area contributed by atoms with Crippen LogP contribution in [-0.4, -0.2) is 20.5 Å². The highest BCUT2D eigenvalue weighted by molar-refractivity contribution is 5.95. The SMILES string of the molecule is O=C(C[n+]1cn(NCc2ccco2)cn1)c1ccc([N+](=O)[O-])cc1. The van der Waals surface area contributed by atoms with E-state index in [1.165, 1.54) is 35.3 Å². The maximum Gasteiger partial charge on any atom is 0.289 e. The van der Waals surface area contributed by atoms with Crippen LogP contribution in [0.1, 0.15) is 16.1 Å². The van der Waals surface area contributed by atoms with Crippen LogP contribution in [0.4, 0.5) is 5.69 Å². The average molecular weight is 328 g/mol. The van der Waals surface area contributed by atoms with Crippen LogP contribution >= 0.6 is 0 Å². The van der Waals surface area contributed by atoms with Gasteiger partial charge in [0.25, 0.3) is 12.0 Å². The smallest absolute Gasteiger partial charge is 0.289 e. The normalized spacial score (nSPS) is 10.5. The van der Waals surface area contributed by atoms with E-state index in [1.807, 2.05) is 6.07 Å². The van der Waals surface area contributed by atoms with Gasteiger partial charge >= 0.3 is 0 Å². The first-order valence-electron chi connectivity index (χ1n) is 7.09. The van der Waals surface area contributed by atoms with Crippen molar-refractivity contribution in [2.45, 2.75) is 13.1 Å². The molecular weight excluding hydrogens is 314 g/mol. The largest absolute Gasteiger partial charge is 0.467 e. The fourth-order valence-electron chi connectivity index (χ4n) is 2.08. The number of benzene rings is 1. The highest BCUT2D eigenvalue weighted by atomic mass is 16.6. The number of carbonyl (C=O) groups excluding carboxylic acids is 1. The van der Waals surface area contributed by atoms with Crippen LogP contribution in [0, 0.1) is 10.1 Å². The van der Waals surface area contributed by atoms with Gasteiger partial charge in [0.2, 0.25) is 12.1 Å². The summed E-state index contributed by atoms with van der Waals surface area (Å²) >= 11 is 0. The van der Waals surface area contributed by atoms with Gasteiger partial charge in [-0.05, 0) is 29.4 Å². The molecule has 0 amide bonds. The standard InChI is InChI=1S/C15H14N5O4/c21-15(12-3-5-13(6-4-12)20(22)23)9-18-11-19(10-17-18)16-8-14-2-1-7-24-14/h1-7,10-11,16H,8-9H2/q+1. The van der Waals surface area contributed by atoms with Gasteiger partial charge in [-0.25, -0.2) is 5.43 Å². The lowest BCUT2D eigenvalue weighted by Crippen LogP contribution is -2.39. The van der Waals surface area contributed by atoms with Crippen molar-refractivity contribution in [2.75, 3.05) is 5.43 Å². The van der Waals surface area contributed by atoms with E-state index >= 15 is 0 Å². The lowest BCUT2D eigenvalue weighted by atomic mass is 10.1. The molecule has 0 atom stereocenters. The van der Waals surface area contributed by atoms with E-state index in [1.54, 1.807) is 23.3 Å². The van der Waals surface area contributed by atoms with Crippen molar-refractivity contribution in [1.29, 1.82) is 0 Å². The van der Waals surface area contributed by atoms with E-state index in [0.717, 1.165) is 5.76 Å². The second-order valence-electron chi connectivity index (χ2n) is 4.99. The fourth-order valence-corrected chi connectivity index (χ4v) is 2.08. The van der Waals surface area contributed by atoms with E-state index in [9.17, 15) is 14.9 Å². The third-order valence-electron chi connectivity index (χ3n) is 3.30. The number of Topliss-reactive ketones (excluding diaryl/α,β-unsaturated/α-hetero) is 1. The Labute approximate surface area is 136 Å². The van der Waals surface area contributed by atoms with Gasteiger partial charge in [0.15, 0.2) is 6.54 Å². The summed E-state index contributed by atoms with van der Waals surface area (Å²) in [6.45, 7) is 0.521. The molecule has 0 fully saturated rings. The first kappa shape index (κ1) is 15.4. The lowest BCUT2D eigenvalue weighted by molar-refractivity contribution is -0.739. The Kier molecular flexibility index (Phi) is 4.32. The van der Waals surface area contributed by atoms with E-state index < -0.39 is 4.92 Å². The van der Waals surface area contributed by atoms with Gasteiger partial charge in [0, 0.05) is 17.7 Å². The average Bonchev–Trinajstić information content (AvgIpc) is 3.24. The molecule has 3 rings (SSSR count). The molecule has 3 aromatic rings. The molecule has 2 heterocycles. The van der Waals surface area contributed by atoms with Crippen LogP contribution in [0.5, 0.6) is 0 Å². The fraction of sp³-hybridized carbons (Fsp3) is 0.133. The van der Waals surface area contributed by atoms with E-state index in [4.69, 9.17) is 4.42 Å². The number of hydrogen-bond acceptors (Lipinski definition) is 6. The van der Waals surface area contributed by atoms with E-state index in [-0.39, 0.29) is 18.0 Å². The summed E-state index contributed by atoms with van der Waals surface area (Å²) in [6, 6.07) is 9.13. The number of furan rings is 1. The molecule has 1 N–H and O–H groups in total. The summed E-state index contributed by atoms with van der Waals surface area (Å²) in [5.74, 6) is 0.586. The third kappa shape index (κ3) is 3.64. The van der Waals surface area contributed by atoms with Crippen LogP contribution in [0.3, 0.4) is 0 Å². The number of ketones is 1. The third-order valence-corrected chi connectivity index (χ3v) is 3.30. The summed E-state index contributed by atoms with van der Waals surface area (Å²) in [5, 5.41) is 14.7. The zero-order valence-electron chi connectivity index (χ0n) is 12.5. The van der Waals surface area contributed by atoms with Crippen molar-refractivity contribution in [3.05, 3.63) is 76.8 Å². The van der Waals surface area contributed by atoms with Crippen LogP contribution in [-0.2, 0) is 13.1 Å². The predicted octanol–water partition coefficient (Wildman–Crippen LogP) is 1.30. The van der Waals surface area contributed by atoms with Crippen LogP contribution in [0.2, 0.25) is 0 Å². The van der Waals surface area contributed by atoms with Crippen molar-refractivity contribution in [3.63, 3.8) is 0 Å². The monoisotopic (exact) mass is 328 g/mol. The number of nitrogens with one attached hydrogen (secondary N) is 1. The first-order chi connectivity index (χ1) is 11.6. The predicted molar refractivity (Wildman–Crippen MR) is 81.6 cm³/mol. The summed E-state index contributed by atoms with van der Waals surface area (Å²) in [5.41, 5.74) is 3.40. The quantitative estimate of drug-likeness (QED) is 0.303. The Balaban J connectivity index is 1.59. The molecule has 9 nitrogen and oxygen atoms in total. The van der Waals surface area contributed by atoms with Gasteiger partial charge < -0.3 is 4.42 Å². The number of carbonyl (C=O) groups is 1. The van der Waals surface area contributed by atoms with Gasteiger partial charge in [-0.15, -0.1) is 9.36 Å². The molecule has 0 radical (unpaired) electrons. The Morgan fingerprint density at radius 3 is 2.79 bits per heavy atom. The van der Waals surface area contributed by atoms with Gasteiger partial charge in [0.1, 0.15) is 12.3 Å². The first-order valence-corrected chi connectivity index (χ1v) is 7.09. The number of nitrogens with zero attached hydrogens (tertiary/aromatic N) is 4. The zero-order chi connectivity index (χ0) is 16.9. The lowest BCUT2D eigenvalue weighted by Gasteiger charge is -1.98. The van der Waals surface area contributed by atoms with E-state index in [2.05, 4.69) is 10.5 Å². The van der Waals surface area contributed by atoms with Crippen LogP contribution in [0.25, 0.3) is 0 Å². The maximum absolute atomic E-state index is 12.2. The van der Waals surface area contributed by atoms with Crippen molar-refractivity contribution in [3.8, 4) is 0 Å². The van der Waals surface area contributed by atoms with Crippen molar-refractivity contribution in [1.82, 2.24) is 9.77 Å². The van der Waals surface area contributed by atoms with Crippen LogP contribution in [0.15, 0.2) is 59.7 Å². The molecule has 9 heteroatoms. The molecule has 0 aliphatic carbocycles. The van der Waals surface area contributed by atoms with E-state index in [0.29, 0.717) is 12.1 Å². The highest BCUT2D eigenvalue weighted by Crippen LogP contribution is 2.12. The molecule has 2 aromatic heterocycles. The minimum atomic E-state index is -0.505. The molecule has 0 saturated carbocycles. The Morgan fingerprint density at radius 1 is 1.33 bits per heavy atom. The number of hydrogen-bond donors (Lipinski definition) is 1. The molecule has 24 heavy (non-hydrogen) atoms. The summed E-state index contributed by atoms with van der Waals surface area (Å²) in [6.07, 6.45) is 4.76. The number of non-ortho nitro benzene ring substituents is 1. The Bertz CT molecular complexity index is 839. The summed E-state index contributed by atoms with van der Waals surface area (Å²) in [4.78, 5) is 22.3. The Morgan fingerprint density at radius 2 is 2.12 bits per heavy atom. The molecule has 122 valence electrons. The van der Waals surface area contributed by atoms with Gasteiger partial charge in [-0.3, -0.25) is 14.9 Å². The summed E-state index contributed by atoms with van der Waals surface area (Å²) in [7, 11) is 0. The van der Waals surface area contributed by atoms with Gasteiger partial charge in [0.05, 0.1) is 11.2 Å². The van der Waals surface area contributed by atoms with Crippen molar-refractivity contribution in [2.24, 2.45) is 0 Å². The number of nitro groups is 1. The number of rotatable bonds is 7. The maximum atomic E-state index is 12.2. The zero-order valence-corrected chi connectivity index (χ0v) is 12.5. The molecule has 1 aromatic carbocycles. The minimum Gasteiger partial charge on any atom is -0.467 e. The highest BCUT2D eigenvalue weighted by Gasteiger charge is 2.14. The molecule has 0 saturated heterocycles. The molecule has 0 unspecified atom stereocenters. The second kappa shape index (κ2) is 6.73. The minimum absolute atomic E-state index is 0.0350. The molecule has 0 bridgehead atoms. The molecule has 0 aliphatic rings. The van der Waals surface area contributed by atoms with Crippen molar-refractivity contribution < 1.29 is 18.8 Å². The molecule has 0 aliphatic heterocycles. The number of aromatic nitrogens is 3. The number of nitro benzene ring substituents is 1. The summed E-state index contributed by atoms with van der Waals surface area (Å²) < 4.78 is 8.29. The molecule has 0 spiro atoms. The van der Waals surface area contributed by atoms with Gasteiger partial charge in [-0.1, -0.05) is 0 Å².